The van der Waals surface area contributed by atoms with Crippen molar-refractivity contribution in [2.24, 2.45) is 0 Å². The molecule has 31 heavy (non-hydrogen) atoms. The molecule has 156 valence electrons. The number of nitrogens with one attached hydrogen (secondary N) is 1. The van der Waals surface area contributed by atoms with Crippen molar-refractivity contribution in [3.05, 3.63) is 74.7 Å². The van der Waals surface area contributed by atoms with Gasteiger partial charge in [-0.3, -0.25) is 0 Å². The van der Waals surface area contributed by atoms with Gasteiger partial charge in [0, 0.05) is 27.3 Å². The molecule has 0 unspecified atom stereocenters. The number of esters is 2. The fourth-order valence-electron chi connectivity index (χ4n) is 2.66. The molecule has 1 aromatic heterocycles. The second-order valence-electron chi connectivity index (χ2n) is 6.14. The number of carbonyl (C=O) groups is 2. The van der Waals surface area contributed by atoms with Crippen molar-refractivity contribution >= 4 is 50.5 Å². The number of ether oxygens (including phenoxy) is 2. The van der Waals surface area contributed by atoms with E-state index in [1.807, 2.05) is 29.6 Å². The molecule has 7 nitrogen and oxygen atoms in total. The van der Waals surface area contributed by atoms with Crippen LogP contribution in [-0.2, 0) is 9.47 Å². The standard InChI is InChI=1S/C22H16BrN3O4S/c1-29-21(27)14-6-15(22(28)30-2)9-18(8-14)25-11-16(10-24)20-26-19(12-31-20)13-4-3-5-17(23)7-13/h3-9,11-12,25H,1-2H3. The number of nitriles is 1. The number of methoxy groups -OCH3 is 2. The third-order valence-corrected chi connectivity index (χ3v) is 5.50. The summed E-state index contributed by atoms with van der Waals surface area (Å²) in [7, 11) is 2.50. The lowest BCUT2D eigenvalue weighted by atomic mass is 10.1. The molecule has 1 heterocycles. The second-order valence-corrected chi connectivity index (χ2v) is 7.92. The highest BCUT2D eigenvalue weighted by molar-refractivity contribution is 9.10. The molecule has 2 aromatic carbocycles. The summed E-state index contributed by atoms with van der Waals surface area (Å²) in [5.41, 5.74) is 2.74. The van der Waals surface area contributed by atoms with Gasteiger partial charge in [-0.25, -0.2) is 14.6 Å². The average Bonchev–Trinajstić information content (AvgIpc) is 3.28. The van der Waals surface area contributed by atoms with Crippen LogP contribution >= 0.6 is 27.3 Å². The van der Waals surface area contributed by atoms with E-state index in [1.165, 1.54) is 50.0 Å². The first-order valence-electron chi connectivity index (χ1n) is 8.85. The minimum absolute atomic E-state index is 0.172. The molecular formula is C22H16BrN3O4S. The lowest BCUT2D eigenvalue weighted by molar-refractivity contribution is 0.0599. The number of anilines is 1. The van der Waals surface area contributed by atoms with Gasteiger partial charge in [0.25, 0.3) is 0 Å². The third kappa shape index (κ3) is 5.36. The van der Waals surface area contributed by atoms with E-state index in [4.69, 9.17) is 9.47 Å². The summed E-state index contributed by atoms with van der Waals surface area (Å²) < 4.78 is 10.4. The number of nitrogens with zero attached hydrogens (tertiary/aromatic N) is 2. The van der Waals surface area contributed by atoms with Crippen LogP contribution in [0.5, 0.6) is 0 Å². The molecule has 0 saturated carbocycles. The molecule has 0 aliphatic carbocycles. The van der Waals surface area contributed by atoms with Crippen molar-refractivity contribution in [1.82, 2.24) is 4.98 Å². The van der Waals surface area contributed by atoms with Gasteiger partial charge in [0.1, 0.15) is 16.6 Å². The fourth-order valence-corrected chi connectivity index (χ4v) is 3.85. The zero-order valence-electron chi connectivity index (χ0n) is 16.5. The monoisotopic (exact) mass is 497 g/mol. The molecule has 0 bridgehead atoms. The zero-order chi connectivity index (χ0) is 22.4. The lowest BCUT2D eigenvalue weighted by Gasteiger charge is -2.08. The normalized spacial score (nSPS) is 10.8. The van der Waals surface area contributed by atoms with Crippen molar-refractivity contribution in [3.8, 4) is 17.3 Å². The van der Waals surface area contributed by atoms with E-state index < -0.39 is 11.9 Å². The SMILES string of the molecule is COC(=O)c1cc(NC=C(C#N)c2nc(-c3cccc(Br)c3)cs2)cc(C(=O)OC)c1. The molecule has 0 aliphatic heterocycles. The van der Waals surface area contributed by atoms with Crippen LogP contribution in [0.15, 0.2) is 58.5 Å². The lowest BCUT2D eigenvalue weighted by Crippen LogP contribution is -2.07. The molecule has 3 aromatic rings. The summed E-state index contributed by atoms with van der Waals surface area (Å²) in [5, 5.41) is 14.9. The Hall–Kier alpha value is -3.48. The minimum Gasteiger partial charge on any atom is -0.465 e. The first-order chi connectivity index (χ1) is 14.9. The van der Waals surface area contributed by atoms with Gasteiger partial charge in [-0.2, -0.15) is 5.26 Å². The molecule has 0 atom stereocenters. The van der Waals surface area contributed by atoms with Gasteiger partial charge in [0.15, 0.2) is 0 Å². The molecule has 9 heteroatoms. The predicted molar refractivity (Wildman–Crippen MR) is 122 cm³/mol. The number of rotatable bonds is 6. The van der Waals surface area contributed by atoms with Crippen molar-refractivity contribution in [2.45, 2.75) is 0 Å². The Morgan fingerprint density at radius 2 is 1.81 bits per heavy atom. The fraction of sp³-hybridized carbons (Fsp3) is 0.0909. The Morgan fingerprint density at radius 1 is 1.13 bits per heavy atom. The van der Waals surface area contributed by atoms with Crippen LogP contribution < -0.4 is 5.32 Å². The molecule has 3 rings (SSSR count). The molecule has 1 N–H and O–H groups in total. The van der Waals surface area contributed by atoms with Crippen LogP contribution in [0.2, 0.25) is 0 Å². The summed E-state index contributed by atoms with van der Waals surface area (Å²) in [5.74, 6) is -1.20. The van der Waals surface area contributed by atoms with Crippen LogP contribution in [0.4, 0.5) is 5.69 Å². The van der Waals surface area contributed by atoms with Gasteiger partial charge in [-0.1, -0.05) is 28.1 Å². The number of carbonyl (C=O) groups excluding carboxylic acids is 2. The summed E-state index contributed by atoms with van der Waals surface area (Å²) in [6, 6.07) is 14.2. The summed E-state index contributed by atoms with van der Waals surface area (Å²) in [6.07, 6.45) is 1.47. The van der Waals surface area contributed by atoms with E-state index in [0.29, 0.717) is 16.3 Å². The Morgan fingerprint density at radius 3 is 2.39 bits per heavy atom. The van der Waals surface area contributed by atoms with Crippen LogP contribution in [-0.4, -0.2) is 31.1 Å². The zero-order valence-corrected chi connectivity index (χ0v) is 18.9. The summed E-state index contributed by atoms with van der Waals surface area (Å²) in [4.78, 5) is 28.4. The van der Waals surface area contributed by atoms with Crippen molar-refractivity contribution in [2.75, 3.05) is 19.5 Å². The van der Waals surface area contributed by atoms with Crippen molar-refractivity contribution < 1.29 is 19.1 Å². The van der Waals surface area contributed by atoms with Crippen LogP contribution in [0.1, 0.15) is 25.7 Å². The van der Waals surface area contributed by atoms with Crippen molar-refractivity contribution in [3.63, 3.8) is 0 Å². The summed E-state index contributed by atoms with van der Waals surface area (Å²) >= 11 is 4.77. The minimum atomic E-state index is -0.600. The maximum Gasteiger partial charge on any atom is 0.337 e. The maximum atomic E-state index is 11.9. The summed E-state index contributed by atoms with van der Waals surface area (Å²) in [6.45, 7) is 0. The largest absolute Gasteiger partial charge is 0.465 e. The number of hydrogen-bond acceptors (Lipinski definition) is 8. The highest BCUT2D eigenvalue weighted by Gasteiger charge is 2.14. The highest BCUT2D eigenvalue weighted by atomic mass is 79.9. The Balaban J connectivity index is 1.90. The first kappa shape index (κ1) is 22.2. The molecular weight excluding hydrogens is 482 g/mol. The smallest absolute Gasteiger partial charge is 0.337 e. The van der Waals surface area contributed by atoms with Crippen LogP contribution in [0.3, 0.4) is 0 Å². The first-order valence-corrected chi connectivity index (χ1v) is 10.5. The van der Waals surface area contributed by atoms with E-state index in [1.54, 1.807) is 0 Å². The number of halogens is 1. The number of allylic oxidation sites excluding steroid dienone is 1. The number of hydrogen-bond donors (Lipinski definition) is 1. The van der Waals surface area contributed by atoms with Gasteiger partial charge in [0.2, 0.25) is 0 Å². The average molecular weight is 498 g/mol. The van der Waals surface area contributed by atoms with Gasteiger partial charge >= 0.3 is 11.9 Å². The molecule has 0 amide bonds. The Labute approximate surface area is 191 Å². The van der Waals surface area contributed by atoms with Gasteiger partial charge in [-0.05, 0) is 30.3 Å². The molecule has 0 fully saturated rings. The molecule has 0 aliphatic rings. The third-order valence-electron chi connectivity index (χ3n) is 4.13. The van der Waals surface area contributed by atoms with E-state index in [-0.39, 0.29) is 11.1 Å². The van der Waals surface area contributed by atoms with Crippen LogP contribution in [0, 0.1) is 11.3 Å². The Kier molecular flexibility index (Phi) is 7.18. The van der Waals surface area contributed by atoms with E-state index in [0.717, 1.165) is 15.7 Å². The van der Waals surface area contributed by atoms with E-state index in [9.17, 15) is 14.9 Å². The van der Waals surface area contributed by atoms with Crippen molar-refractivity contribution in [1.29, 1.82) is 5.26 Å². The predicted octanol–water partition coefficient (Wildman–Crippen LogP) is 5.12. The van der Waals surface area contributed by atoms with Gasteiger partial charge in [-0.15, -0.1) is 11.3 Å². The molecule has 0 radical (unpaired) electrons. The Bertz CT molecular complexity index is 1180. The van der Waals surface area contributed by atoms with Gasteiger partial charge in [0.05, 0.1) is 31.0 Å². The molecule has 0 saturated heterocycles. The maximum absolute atomic E-state index is 11.9. The number of benzene rings is 2. The van der Waals surface area contributed by atoms with E-state index in [2.05, 4.69) is 32.3 Å². The highest BCUT2D eigenvalue weighted by Crippen LogP contribution is 2.28. The van der Waals surface area contributed by atoms with Crippen LogP contribution in [0.25, 0.3) is 16.8 Å². The quantitative estimate of drug-likeness (QED) is 0.372. The van der Waals surface area contributed by atoms with Gasteiger partial charge < -0.3 is 14.8 Å². The topological polar surface area (TPSA) is 101 Å². The number of thiazole rings is 1. The second kappa shape index (κ2) is 10.0. The van der Waals surface area contributed by atoms with E-state index >= 15 is 0 Å². The molecule has 0 spiro atoms. The number of aromatic nitrogens is 1.